The SMILES string of the molecule is Cc1cc(F)c(NC(=O)C2CC2)cc1C1CCN(Cc2ccc(S(=O)(=O)c3ccccc3)cc2)CC1. The standard InChI is InChI=1S/C29H31FN2O3S/c1-20-17-27(30)28(31-29(33)23-9-10-23)18-26(20)22-13-15-32(16-14-22)19-21-7-11-25(12-8-21)36(34,35)24-5-3-2-4-6-24/h2-8,11-12,17-18,22-23H,9-10,13-16,19H2,1H3,(H,31,33). The van der Waals surface area contributed by atoms with Crippen LogP contribution in [0.3, 0.4) is 0 Å². The molecule has 1 aliphatic carbocycles. The number of aryl methyl sites for hydroxylation is 1. The van der Waals surface area contributed by atoms with Gasteiger partial charge in [-0.3, -0.25) is 9.69 Å². The minimum Gasteiger partial charge on any atom is -0.323 e. The van der Waals surface area contributed by atoms with E-state index in [0.717, 1.165) is 62.0 Å². The normalized spacial score (nSPS) is 17.2. The molecule has 1 N–H and O–H groups in total. The maximum atomic E-state index is 14.5. The molecule has 2 aliphatic rings. The van der Waals surface area contributed by atoms with Crippen LogP contribution in [0.15, 0.2) is 76.5 Å². The van der Waals surface area contributed by atoms with Gasteiger partial charge in [-0.25, -0.2) is 12.8 Å². The summed E-state index contributed by atoms with van der Waals surface area (Å²) >= 11 is 0. The zero-order valence-corrected chi connectivity index (χ0v) is 21.2. The van der Waals surface area contributed by atoms with Crippen molar-refractivity contribution in [1.29, 1.82) is 0 Å². The molecule has 3 aromatic carbocycles. The van der Waals surface area contributed by atoms with Crippen molar-refractivity contribution in [1.82, 2.24) is 4.90 Å². The number of carbonyl (C=O) groups is 1. The Morgan fingerprint density at radius 3 is 2.22 bits per heavy atom. The number of anilines is 1. The van der Waals surface area contributed by atoms with Gasteiger partial charge >= 0.3 is 0 Å². The van der Waals surface area contributed by atoms with Crippen molar-refractivity contribution in [2.24, 2.45) is 5.92 Å². The smallest absolute Gasteiger partial charge is 0.227 e. The molecule has 7 heteroatoms. The highest BCUT2D eigenvalue weighted by Gasteiger charge is 2.30. The molecule has 1 aliphatic heterocycles. The molecule has 3 aromatic rings. The van der Waals surface area contributed by atoms with Gasteiger partial charge < -0.3 is 5.32 Å². The third-order valence-corrected chi connectivity index (χ3v) is 9.07. The number of sulfone groups is 1. The van der Waals surface area contributed by atoms with Crippen LogP contribution in [0.4, 0.5) is 10.1 Å². The van der Waals surface area contributed by atoms with Gasteiger partial charge in [0.15, 0.2) is 0 Å². The molecule has 1 saturated carbocycles. The van der Waals surface area contributed by atoms with Gasteiger partial charge in [-0.1, -0.05) is 30.3 Å². The Hall–Kier alpha value is -3.03. The second-order valence-corrected chi connectivity index (χ2v) is 11.9. The lowest BCUT2D eigenvalue weighted by atomic mass is 9.86. The van der Waals surface area contributed by atoms with Gasteiger partial charge in [-0.05, 0) is 105 Å². The van der Waals surface area contributed by atoms with Crippen LogP contribution in [0.2, 0.25) is 0 Å². The van der Waals surface area contributed by atoms with Crippen molar-refractivity contribution < 1.29 is 17.6 Å². The van der Waals surface area contributed by atoms with E-state index in [2.05, 4.69) is 10.2 Å². The maximum absolute atomic E-state index is 14.5. The molecule has 0 bridgehead atoms. The minimum absolute atomic E-state index is 0.0323. The Kier molecular flexibility index (Phi) is 6.95. The molecule has 0 unspecified atom stereocenters. The quantitative estimate of drug-likeness (QED) is 0.447. The van der Waals surface area contributed by atoms with Crippen LogP contribution >= 0.6 is 0 Å². The van der Waals surface area contributed by atoms with Crippen LogP contribution in [-0.2, 0) is 21.2 Å². The summed E-state index contributed by atoms with van der Waals surface area (Å²) in [7, 11) is -3.51. The number of hydrogen-bond donors (Lipinski definition) is 1. The Labute approximate surface area is 212 Å². The van der Waals surface area contributed by atoms with Crippen molar-refractivity contribution in [3.8, 4) is 0 Å². The van der Waals surface area contributed by atoms with Crippen molar-refractivity contribution in [2.75, 3.05) is 18.4 Å². The number of halogens is 1. The Balaban J connectivity index is 1.20. The van der Waals surface area contributed by atoms with E-state index in [9.17, 15) is 17.6 Å². The first-order chi connectivity index (χ1) is 17.3. The zero-order chi connectivity index (χ0) is 25.3. The molecule has 36 heavy (non-hydrogen) atoms. The average molecular weight is 507 g/mol. The van der Waals surface area contributed by atoms with E-state index in [1.807, 2.05) is 25.1 Å². The Morgan fingerprint density at radius 2 is 1.58 bits per heavy atom. The molecule has 0 atom stereocenters. The van der Waals surface area contributed by atoms with Crippen LogP contribution < -0.4 is 5.32 Å². The first-order valence-electron chi connectivity index (χ1n) is 12.5. The molecule has 1 saturated heterocycles. The summed E-state index contributed by atoms with van der Waals surface area (Å²) in [6.45, 7) is 4.48. The fourth-order valence-corrected chi connectivity index (χ4v) is 6.26. The molecule has 0 aromatic heterocycles. The highest BCUT2D eigenvalue weighted by Crippen LogP contribution is 2.35. The van der Waals surface area contributed by atoms with Gasteiger partial charge in [0.05, 0.1) is 15.5 Å². The lowest BCUT2D eigenvalue weighted by Crippen LogP contribution is -2.32. The summed E-state index contributed by atoms with van der Waals surface area (Å²) in [5.74, 6) is -0.108. The van der Waals surface area contributed by atoms with Crippen molar-refractivity contribution in [2.45, 2.75) is 54.9 Å². The van der Waals surface area contributed by atoms with Gasteiger partial charge in [0.25, 0.3) is 0 Å². The second kappa shape index (κ2) is 10.1. The number of carbonyl (C=O) groups excluding carboxylic acids is 1. The number of amides is 1. The molecule has 2 fully saturated rings. The fourth-order valence-electron chi connectivity index (χ4n) is 4.98. The van der Waals surface area contributed by atoms with Crippen molar-refractivity contribution >= 4 is 21.4 Å². The minimum atomic E-state index is -3.51. The molecule has 5 nitrogen and oxygen atoms in total. The maximum Gasteiger partial charge on any atom is 0.227 e. The first-order valence-corrected chi connectivity index (χ1v) is 14.0. The molecule has 188 valence electrons. The Bertz CT molecular complexity index is 1350. The van der Waals surface area contributed by atoms with Crippen LogP contribution in [0.25, 0.3) is 0 Å². The molecule has 0 spiro atoms. The molecular weight excluding hydrogens is 475 g/mol. The summed E-state index contributed by atoms with van der Waals surface area (Å²) in [6, 6.07) is 19.0. The summed E-state index contributed by atoms with van der Waals surface area (Å²) in [5.41, 5.74) is 3.40. The number of benzene rings is 3. The summed E-state index contributed by atoms with van der Waals surface area (Å²) < 4.78 is 40.1. The molecule has 0 radical (unpaired) electrons. The lowest BCUT2D eigenvalue weighted by molar-refractivity contribution is -0.117. The Morgan fingerprint density at radius 1 is 0.944 bits per heavy atom. The van der Waals surface area contributed by atoms with Crippen LogP contribution in [-0.4, -0.2) is 32.3 Å². The second-order valence-electron chi connectivity index (χ2n) is 9.96. The third-order valence-electron chi connectivity index (χ3n) is 7.28. The van der Waals surface area contributed by atoms with E-state index in [0.29, 0.717) is 21.4 Å². The van der Waals surface area contributed by atoms with Crippen LogP contribution in [0.1, 0.15) is 48.3 Å². The molecule has 5 rings (SSSR count). The lowest BCUT2D eigenvalue weighted by Gasteiger charge is -2.33. The number of hydrogen-bond acceptors (Lipinski definition) is 4. The topological polar surface area (TPSA) is 66.5 Å². The largest absolute Gasteiger partial charge is 0.323 e. The van der Waals surface area contributed by atoms with E-state index in [1.54, 1.807) is 42.5 Å². The summed E-state index contributed by atoms with van der Waals surface area (Å²) in [6.07, 6.45) is 3.66. The number of nitrogens with zero attached hydrogens (tertiary/aromatic N) is 1. The van der Waals surface area contributed by atoms with Gasteiger partial charge in [0, 0.05) is 12.5 Å². The molecular formula is C29H31FN2O3S. The average Bonchev–Trinajstić information content (AvgIpc) is 3.73. The predicted molar refractivity (Wildman–Crippen MR) is 138 cm³/mol. The highest BCUT2D eigenvalue weighted by molar-refractivity contribution is 7.91. The van der Waals surface area contributed by atoms with E-state index in [-0.39, 0.29) is 17.6 Å². The number of likely N-dealkylation sites (tertiary alicyclic amines) is 1. The zero-order valence-electron chi connectivity index (χ0n) is 20.4. The first kappa shape index (κ1) is 24.7. The van der Waals surface area contributed by atoms with Gasteiger partial charge in [0.2, 0.25) is 15.7 Å². The third kappa shape index (κ3) is 5.37. The van der Waals surface area contributed by atoms with E-state index in [1.165, 1.54) is 6.07 Å². The van der Waals surface area contributed by atoms with E-state index < -0.39 is 9.84 Å². The van der Waals surface area contributed by atoms with Crippen molar-refractivity contribution in [3.05, 3.63) is 89.2 Å². The van der Waals surface area contributed by atoms with Crippen LogP contribution in [0.5, 0.6) is 0 Å². The van der Waals surface area contributed by atoms with Gasteiger partial charge in [0.1, 0.15) is 5.82 Å². The van der Waals surface area contributed by atoms with Gasteiger partial charge in [-0.2, -0.15) is 0 Å². The highest BCUT2D eigenvalue weighted by atomic mass is 32.2. The number of rotatable bonds is 7. The predicted octanol–water partition coefficient (Wildman–Crippen LogP) is 5.70. The van der Waals surface area contributed by atoms with E-state index >= 15 is 0 Å². The fraction of sp³-hybridized carbons (Fsp3) is 0.345. The number of nitrogens with one attached hydrogen (secondary N) is 1. The summed E-state index contributed by atoms with van der Waals surface area (Å²) in [5, 5.41) is 2.78. The molecule has 1 heterocycles. The van der Waals surface area contributed by atoms with E-state index in [4.69, 9.17) is 0 Å². The molecule has 1 amide bonds. The van der Waals surface area contributed by atoms with Crippen LogP contribution in [0, 0.1) is 18.7 Å². The summed E-state index contributed by atoms with van der Waals surface area (Å²) in [4.78, 5) is 15.1. The number of piperidine rings is 1. The van der Waals surface area contributed by atoms with Crippen molar-refractivity contribution in [3.63, 3.8) is 0 Å². The monoisotopic (exact) mass is 506 g/mol. The van der Waals surface area contributed by atoms with Gasteiger partial charge in [-0.15, -0.1) is 0 Å².